The lowest BCUT2D eigenvalue weighted by Crippen LogP contribution is -2.29. The predicted octanol–water partition coefficient (Wildman–Crippen LogP) is 0.974. The van der Waals surface area contributed by atoms with E-state index in [1.165, 1.54) is 0 Å². The predicted molar refractivity (Wildman–Crippen MR) is 55.2 cm³/mol. The summed E-state index contributed by atoms with van der Waals surface area (Å²) in [4.78, 5) is 11.0. The van der Waals surface area contributed by atoms with E-state index in [9.17, 15) is 4.79 Å². The Balaban J connectivity index is 1.75. The number of carbonyl (C=O) groups is 1. The second kappa shape index (κ2) is 3.94. The summed E-state index contributed by atoms with van der Waals surface area (Å²) in [5, 5.41) is 3.23. The number of ether oxygens (including phenoxy) is 2. The molecule has 1 fully saturated rings. The third-order valence-electron chi connectivity index (χ3n) is 2.60. The Morgan fingerprint density at radius 2 is 2.33 bits per heavy atom. The molecule has 2 aliphatic rings. The molecule has 4 heteroatoms. The number of carbonyl (C=O) groups excluding carboxylic acids is 1. The second-order valence-electron chi connectivity index (χ2n) is 4.47. The van der Waals surface area contributed by atoms with Gasteiger partial charge in [0.15, 0.2) is 11.6 Å². The molecule has 0 aromatic rings. The first kappa shape index (κ1) is 10.6. The van der Waals surface area contributed by atoms with Gasteiger partial charge in [-0.15, -0.1) is 0 Å². The van der Waals surface area contributed by atoms with Crippen LogP contribution in [0.1, 0.15) is 26.7 Å². The number of rotatable bonds is 3. The van der Waals surface area contributed by atoms with Crippen molar-refractivity contribution in [2.45, 2.75) is 38.6 Å². The van der Waals surface area contributed by atoms with Crippen molar-refractivity contribution in [2.24, 2.45) is 0 Å². The lowest BCUT2D eigenvalue weighted by atomic mass is 10.3. The zero-order valence-corrected chi connectivity index (χ0v) is 9.21. The fourth-order valence-electron chi connectivity index (χ4n) is 1.84. The van der Waals surface area contributed by atoms with Crippen LogP contribution in [0.2, 0.25) is 0 Å². The van der Waals surface area contributed by atoms with Gasteiger partial charge in [-0.25, -0.2) is 0 Å². The molecule has 1 N–H and O–H groups in total. The lowest BCUT2D eigenvalue weighted by Gasteiger charge is -2.17. The SMILES string of the molecule is CC1(C)OCC(CNC2=CC(=O)CC2)O1. The molecule has 0 saturated carbocycles. The van der Waals surface area contributed by atoms with Crippen molar-refractivity contribution in [3.05, 3.63) is 11.8 Å². The maximum absolute atomic E-state index is 11.0. The Kier molecular flexibility index (Phi) is 2.80. The maximum Gasteiger partial charge on any atom is 0.163 e. The van der Waals surface area contributed by atoms with Crippen LogP contribution >= 0.6 is 0 Å². The second-order valence-corrected chi connectivity index (χ2v) is 4.47. The molecule has 2 rings (SSSR count). The number of hydrogen-bond donors (Lipinski definition) is 1. The van der Waals surface area contributed by atoms with E-state index in [0.717, 1.165) is 12.1 Å². The summed E-state index contributed by atoms with van der Waals surface area (Å²) in [5.74, 6) is -0.256. The maximum atomic E-state index is 11.0. The molecule has 0 aromatic heterocycles. The van der Waals surface area contributed by atoms with E-state index in [2.05, 4.69) is 5.32 Å². The highest BCUT2D eigenvalue weighted by atomic mass is 16.7. The molecular formula is C11H17NO3. The van der Waals surface area contributed by atoms with Crippen LogP contribution in [0.25, 0.3) is 0 Å². The molecule has 4 nitrogen and oxygen atoms in total. The van der Waals surface area contributed by atoms with Crippen LogP contribution < -0.4 is 5.32 Å². The van der Waals surface area contributed by atoms with E-state index >= 15 is 0 Å². The molecule has 1 heterocycles. The lowest BCUT2D eigenvalue weighted by molar-refractivity contribution is -0.137. The van der Waals surface area contributed by atoms with Gasteiger partial charge in [0.2, 0.25) is 0 Å². The Morgan fingerprint density at radius 1 is 1.53 bits per heavy atom. The Morgan fingerprint density at radius 3 is 2.87 bits per heavy atom. The van der Waals surface area contributed by atoms with Crippen molar-refractivity contribution in [2.75, 3.05) is 13.2 Å². The third kappa shape index (κ3) is 2.79. The monoisotopic (exact) mass is 211 g/mol. The molecular weight excluding hydrogens is 194 g/mol. The van der Waals surface area contributed by atoms with Crippen molar-refractivity contribution in [3.63, 3.8) is 0 Å². The molecule has 0 spiro atoms. The van der Waals surface area contributed by atoms with Gasteiger partial charge in [-0.2, -0.15) is 0 Å². The zero-order chi connectivity index (χ0) is 10.9. The Hall–Kier alpha value is -0.870. The molecule has 1 aliphatic heterocycles. The van der Waals surface area contributed by atoms with Crippen molar-refractivity contribution in [1.82, 2.24) is 5.32 Å². The van der Waals surface area contributed by atoms with Crippen molar-refractivity contribution >= 4 is 5.78 Å². The van der Waals surface area contributed by atoms with Gasteiger partial charge in [-0.3, -0.25) is 4.79 Å². The topological polar surface area (TPSA) is 47.6 Å². The van der Waals surface area contributed by atoms with Gasteiger partial charge in [-0.05, 0) is 20.3 Å². The van der Waals surface area contributed by atoms with Crippen LogP contribution in [-0.2, 0) is 14.3 Å². The number of allylic oxidation sites excluding steroid dienone is 2. The minimum absolute atomic E-state index is 0.0802. The fourth-order valence-corrected chi connectivity index (χ4v) is 1.84. The quantitative estimate of drug-likeness (QED) is 0.755. The standard InChI is InChI=1S/C11H17NO3/c1-11(2)14-7-10(15-11)6-12-8-3-4-9(13)5-8/h5,10,12H,3-4,6-7H2,1-2H3. The molecule has 0 aromatic carbocycles. The minimum atomic E-state index is -0.466. The van der Waals surface area contributed by atoms with Gasteiger partial charge >= 0.3 is 0 Å². The first-order valence-corrected chi connectivity index (χ1v) is 5.34. The molecule has 1 atom stereocenters. The summed E-state index contributed by atoms with van der Waals surface area (Å²) in [6.45, 7) is 5.14. The van der Waals surface area contributed by atoms with Gasteiger partial charge in [0.25, 0.3) is 0 Å². The smallest absolute Gasteiger partial charge is 0.163 e. The molecule has 1 unspecified atom stereocenters. The fraction of sp³-hybridized carbons (Fsp3) is 0.727. The van der Waals surface area contributed by atoms with E-state index in [-0.39, 0.29) is 11.9 Å². The molecule has 1 saturated heterocycles. The highest BCUT2D eigenvalue weighted by Crippen LogP contribution is 2.22. The van der Waals surface area contributed by atoms with Crippen LogP contribution in [0.15, 0.2) is 11.8 Å². The average molecular weight is 211 g/mol. The Bertz CT molecular complexity index is 296. The van der Waals surface area contributed by atoms with Crippen molar-refractivity contribution in [1.29, 1.82) is 0 Å². The summed E-state index contributed by atoms with van der Waals surface area (Å²) < 4.78 is 11.1. The van der Waals surface area contributed by atoms with Crippen molar-refractivity contribution < 1.29 is 14.3 Å². The summed E-state index contributed by atoms with van der Waals surface area (Å²) in [5.41, 5.74) is 1.02. The highest BCUT2D eigenvalue weighted by molar-refractivity contribution is 5.92. The molecule has 0 bridgehead atoms. The van der Waals surface area contributed by atoms with Gasteiger partial charge in [0, 0.05) is 24.7 Å². The summed E-state index contributed by atoms with van der Waals surface area (Å²) in [7, 11) is 0. The minimum Gasteiger partial charge on any atom is -0.386 e. The summed E-state index contributed by atoms with van der Waals surface area (Å²) in [6, 6.07) is 0. The average Bonchev–Trinajstić information content (AvgIpc) is 2.69. The highest BCUT2D eigenvalue weighted by Gasteiger charge is 2.32. The Labute approximate surface area is 89.6 Å². The van der Waals surface area contributed by atoms with Gasteiger partial charge in [-0.1, -0.05) is 0 Å². The number of nitrogens with one attached hydrogen (secondary N) is 1. The van der Waals surface area contributed by atoms with Crippen molar-refractivity contribution in [3.8, 4) is 0 Å². The van der Waals surface area contributed by atoms with E-state index in [0.29, 0.717) is 19.6 Å². The van der Waals surface area contributed by atoms with Gasteiger partial charge in [0.05, 0.1) is 6.61 Å². The van der Waals surface area contributed by atoms with E-state index in [4.69, 9.17) is 9.47 Å². The van der Waals surface area contributed by atoms with Crippen LogP contribution in [0.3, 0.4) is 0 Å². The van der Waals surface area contributed by atoms with Crippen LogP contribution in [0.5, 0.6) is 0 Å². The molecule has 1 aliphatic carbocycles. The number of ketones is 1. The zero-order valence-electron chi connectivity index (χ0n) is 9.21. The molecule has 84 valence electrons. The van der Waals surface area contributed by atoms with Gasteiger partial charge < -0.3 is 14.8 Å². The largest absolute Gasteiger partial charge is 0.386 e. The van der Waals surface area contributed by atoms with E-state index in [1.54, 1.807) is 6.08 Å². The number of hydrogen-bond acceptors (Lipinski definition) is 4. The molecule has 0 amide bonds. The molecule has 0 radical (unpaired) electrons. The van der Waals surface area contributed by atoms with Crippen LogP contribution in [0.4, 0.5) is 0 Å². The van der Waals surface area contributed by atoms with Crippen LogP contribution in [0, 0.1) is 0 Å². The van der Waals surface area contributed by atoms with E-state index in [1.807, 2.05) is 13.8 Å². The third-order valence-corrected chi connectivity index (χ3v) is 2.60. The van der Waals surface area contributed by atoms with E-state index < -0.39 is 5.79 Å². The summed E-state index contributed by atoms with van der Waals surface area (Å²) in [6.07, 6.45) is 3.23. The molecule has 15 heavy (non-hydrogen) atoms. The summed E-state index contributed by atoms with van der Waals surface area (Å²) >= 11 is 0. The normalized spacial score (nSPS) is 29.3. The first-order valence-electron chi connectivity index (χ1n) is 5.34. The van der Waals surface area contributed by atoms with Gasteiger partial charge in [0.1, 0.15) is 6.10 Å². The van der Waals surface area contributed by atoms with Crippen LogP contribution in [-0.4, -0.2) is 30.8 Å². The first-order chi connectivity index (χ1) is 7.05.